The molecule has 3 heteroatoms. The van der Waals surface area contributed by atoms with Gasteiger partial charge in [-0.1, -0.05) is 46.1 Å². The number of carboxylic acid groups (broad SMARTS) is 1. The summed E-state index contributed by atoms with van der Waals surface area (Å²) in [5.41, 5.74) is 7.41. The van der Waals surface area contributed by atoms with E-state index in [1.54, 1.807) is 18.2 Å². The van der Waals surface area contributed by atoms with Crippen LogP contribution in [0, 0.1) is 11.8 Å². The second kappa shape index (κ2) is 7.93. The van der Waals surface area contributed by atoms with Crippen LogP contribution in [0.4, 0.5) is 5.69 Å². The van der Waals surface area contributed by atoms with E-state index < -0.39 is 5.97 Å². The van der Waals surface area contributed by atoms with Crippen molar-refractivity contribution in [2.45, 2.75) is 52.9 Å². The lowest BCUT2D eigenvalue weighted by atomic mass is 9.92. The molecule has 20 heavy (non-hydrogen) atoms. The van der Waals surface area contributed by atoms with Gasteiger partial charge in [0.05, 0.1) is 5.97 Å². The molecule has 0 heterocycles. The predicted octanol–water partition coefficient (Wildman–Crippen LogP) is 3.03. The lowest BCUT2D eigenvalue weighted by Crippen LogP contribution is -2.24. The first kappa shape index (κ1) is 16.5. The highest BCUT2D eigenvalue weighted by Crippen LogP contribution is 2.20. The Hall–Kier alpha value is -1.51. The van der Waals surface area contributed by atoms with Crippen LogP contribution in [0.5, 0.6) is 0 Å². The van der Waals surface area contributed by atoms with E-state index in [4.69, 9.17) is 5.73 Å². The molecule has 0 aromatic heterocycles. The fourth-order valence-corrected chi connectivity index (χ4v) is 2.44. The Morgan fingerprint density at radius 3 is 2.50 bits per heavy atom. The Morgan fingerprint density at radius 1 is 1.20 bits per heavy atom. The number of benzene rings is 1. The van der Waals surface area contributed by atoms with Gasteiger partial charge in [0.15, 0.2) is 0 Å². The third-order valence-corrected chi connectivity index (χ3v) is 3.73. The zero-order valence-electron chi connectivity index (χ0n) is 12.8. The zero-order valence-corrected chi connectivity index (χ0v) is 12.8. The largest absolute Gasteiger partial charge is 0.545 e. The molecule has 3 nitrogen and oxygen atoms in total. The SMILES string of the molecule is CC(C)CCCC(C)CCc1cc(N)ccc1C(=O)[O-]. The lowest BCUT2D eigenvalue weighted by Gasteiger charge is -2.15. The van der Waals surface area contributed by atoms with E-state index in [0.29, 0.717) is 11.6 Å². The van der Waals surface area contributed by atoms with Crippen molar-refractivity contribution in [3.8, 4) is 0 Å². The molecule has 1 unspecified atom stereocenters. The van der Waals surface area contributed by atoms with Gasteiger partial charge in [-0.2, -0.15) is 0 Å². The molecule has 0 fully saturated rings. The molecule has 1 aromatic rings. The number of aryl methyl sites for hydroxylation is 1. The number of rotatable bonds is 8. The molecule has 2 N–H and O–H groups in total. The number of aromatic carboxylic acids is 1. The second-order valence-electron chi connectivity index (χ2n) is 6.17. The van der Waals surface area contributed by atoms with Crippen LogP contribution in [0.15, 0.2) is 18.2 Å². The number of carbonyl (C=O) groups is 1. The van der Waals surface area contributed by atoms with Gasteiger partial charge in [-0.3, -0.25) is 0 Å². The molecule has 0 aliphatic carbocycles. The van der Waals surface area contributed by atoms with Crippen LogP contribution in [-0.2, 0) is 6.42 Å². The first-order valence-electron chi connectivity index (χ1n) is 7.50. The van der Waals surface area contributed by atoms with Crippen molar-refractivity contribution < 1.29 is 9.90 Å². The summed E-state index contributed by atoms with van der Waals surface area (Å²) in [6.45, 7) is 6.71. The topological polar surface area (TPSA) is 66.2 Å². The highest BCUT2D eigenvalue weighted by molar-refractivity contribution is 5.88. The maximum Gasteiger partial charge on any atom is 0.0718 e. The fourth-order valence-electron chi connectivity index (χ4n) is 2.44. The molecule has 0 spiro atoms. The van der Waals surface area contributed by atoms with Crippen LogP contribution in [0.1, 0.15) is 62.4 Å². The van der Waals surface area contributed by atoms with Crippen LogP contribution in [0.25, 0.3) is 0 Å². The minimum absolute atomic E-state index is 0.272. The van der Waals surface area contributed by atoms with Gasteiger partial charge in [0.2, 0.25) is 0 Å². The third kappa shape index (κ3) is 5.64. The molecule has 0 bridgehead atoms. The van der Waals surface area contributed by atoms with Crippen LogP contribution in [0.3, 0.4) is 0 Å². The molecule has 0 amide bonds. The summed E-state index contributed by atoms with van der Waals surface area (Å²) in [4.78, 5) is 11.1. The molecular formula is C17H26NO2-. The van der Waals surface area contributed by atoms with Gasteiger partial charge < -0.3 is 15.6 Å². The van der Waals surface area contributed by atoms with Gasteiger partial charge in [0.25, 0.3) is 0 Å². The molecule has 0 aliphatic heterocycles. The lowest BCUT2D eigenvalue weighted by molar-refractivity contribution is -0.255. The zero-order chi connectivity index (χ0) is 15.1. The molecule has 0 saturated heterocycles. The minimum Gasteiger partial charge on any atom is -0.545 e. The average Bonchev–Trinajstić information content (AvgIpc) is 2.35. The smallest absolute Gasteiger partial charge is 0.0718 e. The molecule has 1 rings (SSSR count). The number of nitrogen functional groups attached to an aromatic ring is 1. The first-order valence-corrected chi connectivity index (χ1v) is 7.50. The van der Waals surface area contributed by atoms with Gasteiger partial charge in [0.1, 0.15) is 0 Å². The van der Waals surface area contributed by atoms with Crippen LogP contribution in [0.2, 0.25) is 0 Å². The minimum atomic E-state index is -1.12. The highest BCUT2D eigenvalue weighted by atomic mass is 16.4. The highest BCUT2D eigenvalue weighted by Gasteiger charge is 2.08. The summed E-state index contributed by atoms with van der Waals surface area (Å²) in [5.74, 6) is 0.234. The number of anilines is 1. The molecule has 0 aliphatic rings. The summed E-state index contributed by atoms with van der Waals surface area (Å²) in [7, 11) is 0. The van der Waals surface area contributed by atoms with Crippen molar-refractivity contribution in [2.75, 3.05) is 5.73 Å². The van der Waals surface area contributed by atoms with Crippen molar-refractivity contribution >= 4 is 11.7 Å². The number of hydrogen-bond acceptors (Lipinski definition) is 3. The molecule has 1 aromatic carbocycles. The van der Waals surface area contributed by atoms with E-state index in [0.717, 1.165) is 24.3 Å². The molecule has 1 atom stereocenters. The van der Waals surface area contributed by atoms with Crippen LogP contribution < -0.4 is 10.8 Å². The van der Waals surface area contributed by atoms with Crippen molar-refractivity contribution in [2.24, 2.45) is 11.8 Å². The van der Waals surface area contributed by atoms with E-state index in [1.165, 1.54) is 19.3 Å². The van der Waals surface area contributed by atoms with Gasteiger partial charge in [-0.15, -0.1) is 0 Å². The summed E-state index contributed by atoms with van der Waals surface area (Å²) < 4.78 is 0. The first-order chi connectivity index (χ1) is 9.40. The van der Waals surface area contributed by atoms with Gasteiger partial charge in [-0.05, 0) is 42.4 Å². The Bertz CT molecular complexity index is 441. The van der Waals surface area contributed by atoms with E-state index in [-0.39, 0.29) is 5.56 Å². The van der Waals surface area contributed by atoms with Crippen molar-refractivity contribution in [3.05, 3.63) is 29.3 Å². The quantitative estimate of drug-likeness (QED) is 0.742. The number of hydrogen-bond donors (Lipinski definition) is 1. The summed E-state index contributed by atoms with van der Waals surface area (Å²) in [6.07, 6.45) is 5.43. The predicted molar refractivity (Wildman–Crippen MR) is 81.4 cm³/mol. The molecule has 0 radical (unpaired) electrons. The Kier molecular flexibility index (Phi) is 6.56. The number of nitrogens with two attached hydrogens (primary N) is 1. The molecule has 112 valence electrons. The van der Waals surface area contributed by atoms with Gasteiger partial charge >= 0.3 is 0 Å². The molecular weight excluding hydrogens is 250 g/mol. The normalized spacial score (nSPS) is 12.6. The summed E-state index contributed by atoms with van der Waals surface area (Å²) in [6, 6.07) is 4.91. The maximum atomic E-state index is 11.1. The van der Waals surface area contributed by atoms with E-state index in [9.17, 15) is 9.90 Å². The summed E-state index contributed by atoms with van der Waals surface area (Å²) in [5, 5.41) is 11.1. The summed E-state index contributed by atoms with van der Waals surface area (Å²) >= 11 is 0. The maximum absolute atomic E-state index is 11.1. The van der Waals surface area contributed by atoms with Crippen LogP contribution in [-0.4, -0.2) is 5.97 Å². The Morgan fingerprint density at radius 2 is 1.90 bits per heavy atom. The monoisotopic (exact) mass is 276 g/mol. The number of carbonyl (C=O) groups excluding carboxylic acids is 1. The van der Waals surface area contributed by atoms with Gasteiger partial charge in [-0.25, -0.2) is 0 Å². The van der Waals surface area contributed by atoms with E-state index in [1.807, 2.05) is 0 Å². The van der Waals surface area contributed by atoms with E-state index >= 15 is 0 Å². The third-order valence-electron chi connectivity index (χ3n) is 3.73. The Balaban J connectivity index is 2.52. The second-order valence-corrected chi connectivity index (χ2v) is 6.17. The van der Waals surface area contributed by atoms with Crippen molar-refractivity contribution in [3.63, 3.8) is 0 Å². The van der Waals surface area contributed by atoms with Gasteiger partial charge in [0, 0.05) is 11.3 Å². The molecule has 0 saturated carbocycles. The van der Waals surface area contributed by atoms with Crippen molar-refractivity contribution in [1.82, 2.24) is 0 Å². The Labute approximate surface area is 122 Å². The van der Waals surface area contributed by atoms with Crippen LogP contribution >= 0.6 is 0 Å². The fraction of sp³-hybridized carbons (Fsp3) is 0.588. The van der Waals surface area contributed by atoms with E-state index in [2.05, 4.69) is 20.8 Å². The standard InChI is InChI=1S/C17H27NO2/c1-12(2)5-4-6-13(3)7-8-14-11-15(18)9-10-16(14)17(19)20/h9-13H,4-8,18H2,1-3H3,(H,19,20)/p-1. The van der Waals surface area contributed by atoms with Crippen molar-refractivity contribution in [1.29, 1.82) is 0 Å². The number of carboxylic acids is 1. The average molecular weight is 276 g/mol.